The second-order valence-corrected chi connectivity index (χ2v) is 3.96. The molecule has 18 heavy (non-hydrogen) atoms. The van der Waals surface area contributed by atoms with E-state index >= 15 is 0 Å². The number of allylic oxidation sites excluding steroid dienone is 1. The van der Waals surface area contributed by atoms with Crippen LogP contribution >= 0.6 is 11.6 Å². The topological polar surface area (TPSA) is 37.3 Å². The summed E-state index contributed by atoms with van der Waals surface area (Å²) in [4.78, 5) is 4.07. The summed E-state index contributed by atoms with van der Waals surface area (Å²) >= 11 is 6.03. The Morgan fingerprint density at radius 1 is 1.11 bits per heavy atom. The number of hydrogen-bond acceptors (Lipinski definition) is 3. The number of nitrogens with one attached hydrogen (secondary N) is 1. The Kier molecular flexibility index (Phi) is 4.50. The lowest BCUT2D eigenvalue weighted by Crippen LogP contribution is -1.91. The predicted octanol–water partition coefficient (Wildman–Crippen LogP) is 3.76. The van der Waals surface area contributed by atoms with Crippen molar-refractivity contribution < 1.29 is 0 Å². The molecule has 0 aliphatic heterocycles. The van der Waals surface area contributed by atoms with Gasteiger partial charge in [0.25, 0.3) is 0 Å². The van der Waals surface area contributed by atoms with Gasteiger partial charge in [0.15, 0.2) is 0 Å². The van der Waals surface area contributed by atoms with Crippen LogP contribution in [0.3, 0.4) is 0 Å². The average Bonchev–Trinajstić information content (AvgIpc) is 2.41. The van der Waals surface area contributed by atoms with Gasteiger partial charge in [-0.15, -0.1) is 0 Å². The van der Waals surface area contributed by atoms with Crippen LogP contribution in [0.4, 0.5) is 5.82 Å². The average molecular weight is 258 g/mol. The molecule has 0 saturated carbocycles. The Morgan fingerprint density at radius 3 is 2.61 bits per heavy atom. The molecule has 0 atom stereocenters. The molecule has 0 saturated heterocycles. The van der Waals surface area contributed by atoms with Gasteiger partial charge in [0.1, 0.15) is 5.82 Å². The molecule has 1 heterocycles. The summed E-state index contributed by atoms with van der Waals surface area (Å²) in [6, 6.07) is 15.4. The first-order chi connectivity index (χ1) is 8.84. The number of hydrazone groups is 1. The van der Waals surface area contributed by atoms with Gasteiger partial charge in [-0.3, -0.25) is 5.43 Å². The van der Waals surface area contributed by atoms with E-state index in [1.54, 1.807) is 12.4 Å². The molecule has 1 aromatic carbocycles. The van der Waals surface area contributed by atoms with E-state index in [1.165, 1.54) is 0 Å². The minimum Gasteiger partial charge on any atom is -0.261 e. The summed E-state index contributed by atoms with van der Waals surface area (Å²) in [6.07, 6.45) is 5.08. The molecule has 0 aliphatic rings. The molecule has 2 rings (SSSR count). The quantitative estimate of drug-likeness (QED) is 0.669. The fourth-order valence-corrected chi connectivity index (χ4v) is 1.51. The van der Waals surface area contributed by atoms with Crippen molar-refractivity contribution in [3.8, 4) is 0 Å². The van der Waals surface area contributed by atoms with Crippen molar-refractivity contribution in [3.05, 3.63) is 65.3 Å². The number of nitrogens with zero attached hydrogens (tertiary/aromatic N) is 2. The van der Waals surface area contributed by atoms with Crippen molar-refractivity contribution in [2.45, 2.75) is 0 Å². The zero-order valence-electron chi connectivity index (χ0n) is 9.62. The monoisotopic (exact) mass is 257 g/mol. The number of benzene rings is 1. The number of rotatable bonds is 4. The maximum atomic E-state index is 6.03. The van der Waals surface area contributed by atoms with Crippen LogP contribution in [0, 0.1) is 0 Å². The Morgan fingerprint density at radius 2 is 1.89 bits per heavy atom. The number of halogens is 1. The number of hydrogen-bond donors (Lipinski definition) is 1. The largest absolute Gasteiger partial charge is 0.261 e. The first-order valence-electron chi connectivity index (χ1n) is 5.47. The maximum absolute atomic E-state index is 6.03. The van der Waals surface area contributed by atoms with Crippen molar-refractivity contribution in [2.24, 2.45) is 5.10 Å². The molecular weight excluding hydrogens is 246 g/mol. The molecular formula is C14H12ClN3. The van der Waals surface area contributed by atoms with E-state index < -0.39 is 0 Å². The van der Waals surface area contributed by atoms with E-state index in [4.69, 9.17) is 11.6 Å². The van der Waals surface area contributed by atoms with Gasteiger partial charge in [-0.05, 0) is 23.8 Å². The maximum Gasteiger partial charge on any atom is 0.146 e. The minimum absolute atomic E-state index is 0.546. The van der Waals surface area contributed by atoms with Crippen LogP contribution in [-0.4, -0.2) is 11.2 Å². The lowest BCUT2D eigenvalue weighted by atomic mass is 10.2. The van der Waals surface area contributed by atoms with E-state index in [0.29, 0.717) is 10.9 Å². The second kappa shape index (κ2) is 6.57. The molecule has 1 N–H and O–H groups in total. The van der Waals surface area contributed by atoms with E-state index in [0.717, 1.165) is 5.56 Å². The van der Waals surface area contributed by atoms with Crippen molar-refractivity contribution in [2.75, 3.05) is 5.43 Å². The summed E-state index contributed by atoms with van der Waals surface area (Å²) in [5.74, 6) is 0.679. The molecule has 0 fully saturated rings. The molecule has 1 aromatic heterocycles. The summed E-state index contributed by atoms with van der Waals surface area (Å²) in [5, 5.41) is 4.55. The highest BCUT2D eigenvalue weighted by atomic mass is 35.5. The highest BCUT2D eigenvalue weighted by Crippen LogP contribution is 2.08. The van der Waals surface area contributed by atoms with Crippen LogP contribution in [0.1, 0.15) is 5.56 Å². The van der Waals surface area contributed by atoms with Gasteiger partial charge in [0.2, 0.25) is 0 Å². The number of aromatic nitrogens is 1. The Balaban J connectivity index is 1.95. The zero-order valence-corrected chi connectivity index (χ0v) is 10.4. The summed E-state index contributed by atoms with van der Waals surface area (Å²) in [5.41, 5.74) is 3.83. The van der Waals surface area contributed by atoms with Gasteiger partial charge in [0, 0.05) is 6.20 Å². The summed E-state index contributed by atoms with van der Waals surface area (Å²) in [6.45, 7) is 0. The molecule has 0 radical (unpaired) electrons. The third kappa shape index (κ3) is 4.03. The van der Waals surface area contributed by atoms with Crippen molar-refractivity contribution >= 4 is 29.7 Å². The minimum atomic E-state index is 0.546. The van der Waals surface area contributed by atoms with E-state index in [-0.39, 0.29) is 0 Å². The molecule has 0 bridgehead atoms. The van der Waals surface area contributed by atoms with Gasteiger partial charge in [-0.1, -0.05) is 48.0 Å². The fourth-order valence-electron chi connectivity index (χ4n) is 1.33. The van der Waals surface area contributed by atoms with Crippen LogP contribution in [0.5, 0.6) is 0 Å². The van der Waals surface area contributed by atoms with Gasteiger partial charge < -0.3 is 0 Å². The van der Waals surface area contributed by atoms with E-state index in [1.807, 2.05) is 54.6 Å². The van der Waals surface area contributed by atoms with Crippen LogP contribution in [0.25, 0.3) is 6.08 Å². The Labute approximate surface area is 111 Å². The third-order valence-electron chi connectivity index (χ3n) is 2.14. The SMILES string of the molecule is ClC(=C\c1ccccc1)/C=N/Nc1ccccn1. The van der Waals surface area contributed by atoms with Crippen LogP contribution in [0.2, 0.25) is 0 Å². The van der Waals surface area contributed by atoms with Crippen LogP contribution in [-0.2, 0) is 0 Å². The standard InChI is InChI=1S/C14H12ClN3/c15-13(10-12-6-2-1-3-7-12)11-17-18-14-8-4-5-9-16-14/h1-11H,(H,16,18)/b13-10-,17-11+. The fraction of sp³-hybridized carbons (Fsp3) is 0. The summed E-state index contributed by atoms with van der Waals surface area (Å²) < 4.78 is 0. The first kappa shape index (κ1) is 12.3. The molecule has 0 aliphatic carbocycles. The third-order valence-corrected chi connectivity index (χ3v) is 2.34. The lowest BCUT2D eigenvalue weighted by molar-refractivity contribution is 1.23. The predicted molar refractivity (Wildman–Crippen MR) is 76.6 cm³/mol. The molecule has 4 heteroatoms. The molecule has 90 valence electrons. The lowest BCUT2D eigenvalue weighted by Gasteiger charge is -1.97. The summed E-state index contributed by atoms with van der Waals surface area (Å²) in [7, 11) is 0. The molecule has 3 nitrogen and oxygen atoms in total. The van der Waals surface area contributed by atoms with E-state index in [2.05, 4.69) is 15.5 Å². The van der Waals surface area contributed by atoms with Crippen LogP contribution in [0.15, 0.2) is 64.9 Å². The normalized spacial score (nSPS) is 11.7. The molecule has 0 spiro atoms. The smallest absolute Gasteiger partial charge is 0.146 e. The second-order valence-electron chi connectivity index (χ2n) is 3.52. The molecule has 2 aromatic rings. The van der Waals surface area contributed by atoms with E-state index in [9.17, 15) is 0 Å². The number of anilines is 1. The Bertz CT molecular complexity index is 535. The van der Waals surface area contributed by atoms with Crippen molar-refractivity contribution in [1.29, 1.82) is 0 Å². The zero-order chi connectivity index (χ0) is 12.6. The van der Waals surface area contributed by atoms with Crippen LogP contribution < -0.4 is 5.43 Å². The van der Waals surface area contributed by atoms with Crippen molar-refractivity contribution in [3.63, 3.8) is 0 Å². The number of pyridine rings is 1. The highest BCUT2D eigenvalue weighted by Gasteiger charge is 1.90. The highest BCUT2D eigenvalue weighted by molar-refractivity contribution is 6.41. The van der Waals surface area contributed by atoms with Gasteiger partial charge in [0.05, 0.1) is 11.2 Å². The first-order valence-corrected chi connectivity index (χ1v) is 5.85. The molecule has 0 unspecified atom stereocenters. The van der Waals surface area contributed by atoms with Gasteiger partial charge >= 0.3 is 0 Å². The Hall–Kier alpha value is -2.13. The van der Waals surface area contributed by atoms with Crippen molar-refractivity contribution in [1.82, 2.24) is 4.98 Å². The molecule has 0 amide bonds. The van der Waals surface area contributed by atoms with Gasteiger partial charge in [-0.25, -0.2) is 4.98 Å². The van der Waals surface area contributed by atoms with Gasteiger partial charge in [-0.2, -0.15) is 5.10 Å².